The standard InChI is InChI=1S/C14H24ClNO2Si/c1-14(2,3)19(4,5)18-12(8-10-17)11-7-6-9-16-13(11)15/h6-7,9,12,17H,8,10H2,1-5H3. The highest BCUT2D eigenvalue weighted by molar-refractivity contribution is 6.74. The summed E-state index contributed by atoms with van der Waals surface area (Å²) in [4.78, 5) is 4.09. The molecule has 0 aliphatic heterocycles. The Kier molecular flexibility index (Phi) is 5.56. The Labute approximate surface area is 122 Å². The SMILES string of the molecule is CC(C)(C)[Si](C)(C)OC(CCO)c1cccnc1Cl. The summed E-state index contributed by atoms with van der Waals surface area (Å²) < 4.78 is 6.36. The summed E-state index contributed by atoms with van der Waals surface area (Å²) in [5.41, 5.74) is 0.864. The van der Waals surface area contributed by atoms with Gasteiger partial charge in [0, 0.05) is 18.4 Å². The van der Waals surface area contributed by atoms with E-state index in [2.05, 4.69) is 38.8 Å². The molecular formula is C14H24ClNO2Si. The normalized spacial score (nSPS) is 14.5. The fourth-order valence-corrected chi connectivity index (χ4v) is 3.12. The van der Waals surface area contributed by atoms with E-state index in [4.69, 9.17) is 16.0 Å². The number of halogens is 1. The lowest BCUT2D eigenvalue weighted by molar-refractivity contribution is 0.140. The van der Waals surface area contributed by atoms with Crippen molar-refractivity contribution in [1.82, 2.24) is 4.98 Å². The molecule has 0 saturated carbocycles. The molecule has 1 atom stereocenters. The van der Waals surface area contributed by atoms with Crippen LogP contribution >= 0.6 is 11.6 Å². The van der Waals surface area contributed by atoms with Crippen molar-refractivity contribution in [3.05, 3.63) is 29.0 Å². The first-order valence-electron chi connectivity index (χ1n) is 6.58. The van der Waals surface area contributed by atoms with Gasteiger partial charge in [-0.1, -0.05) is 38.4 Å². The minimum Gasteiger partial charge on any atom is -0.410 e. The Bertz CT molecular complexity index is 418. The number of aliphatic hydroxyl groups is 1. The molecule has 0 aliphatic carbocycles. The van der Waals surface area contributed by atoms with Gasteiger partial charge in [0.05, 0.1) is 6.10 Å². The van der Waals surface area contributed by atoms with Gasteiger partial charge in [-0.05, 0) is 30.6 Å². The average molecular weight is 302 g/mol. The zero-order chi connectivity index (χ0) is 14.7. The van der Waals surface area contributed by atoms with Crippen molar-refractivity contribution in [3.63, 3.8) is 0 Å². The third-order valence-corrected chi connectivity index (χ3v) is 8.57. The lowest BCUT2D eigenvalue weighted by Gasteiger charge is -2.39. The van der Waals surface area contributed by atoms with Gasteiger partial charge in [0.25, 0.3) is 0 Å². The first-order chi connectivity index (χ1) is 8.69. The predicted molar refractivity (Wildman–Crippen MR) is 82.0 cm³/mol. The van der Waals surface area contributed by atoms with Gasteiger partial charge in [-0.2, -0.15) is 0 Å². The molecule has 3 nitrogen and oxygen atoms in total. The molecule has 0 amide bonds. The molecule has 0 aliphatic rings. The molecule has 0 radical (unpaired) electrons. The maximum atomic E-state index is 9.26. The van der Waals surface area contributed by atoms with Crippen molar-refractivity contribution in [3.8, 4) is 0 Å². The number of pyridine rings is 1. The highest BCUT2D eigenvalue weighted by Gasteiger charge is 2.39. The molecule has 1 N–H and O–H groups in total. The molecule has 1 unspecified atom stereocenters. The van der Waals surface area contributed by atoms with Crippen LogP contribution in [0, 0.1) is 0 Å². The van der Waals surface area contributed by atoms with E-state index in [0.717, 1.165) is 5.56 Å². The number of hydrogen-bond donors (Lipinski definition) is 1. The summed E-state index contributed by atoms with van der Waals surface area (Å²) in [7, 11) is -1.91. The van der Waals surface area contributed by atoms with Crippen molar-refractivity contribution in [2.75, 3.05) is 6.61 Å². The Hall–Kier alpha value is -0.423. The van der Waals surface area contributed by atoms with E-state index in [1.165, 1.54) is 0 Å². The largest absolute Gasteiger partial charge is 0.410 e. The number of aliphatic hydroxyl groups excluding tert-OH is 1. The van der Waals surface area contributed by atoms with E-state index in [1.54, 1.807) is 6.20 Å². The van der Waals surface area contributed by atoms with E-state index >= 15 is 0 Å². The topological polar surface area (TPSA) is 42.4 Å². The van der Waals surface area contributed by atoms with Gasteiger partial charge in [0.15, 0.2) is 8.32 Å². The molecule has 1 rings (SSSR count). The maximum Gasteiger partial charge on any atom is 0.192 e. The predicted octanol–water partition coefficient (Wildman–Crippen LogP) is 4.18. The quantitative estimate of drug-likeness (QED) is 0.655. The minimum atomic E-state index is -1.91. The van der Waals surface area contributed by atoms with Crippen LogP contribution in [0.1, 0.15) is 38.9 Å². The van der Waals surface area contributed by atoms with Crippen LogP contribution in [-0.2, 0) is 4.43 Å². The average Bonchev–Trinajstić information content (AvgIpc) is 2.27. The van der Waals surface area contributed by atoms with Gasteiger partial charge in [0.1, 0.15) is 5.15 Å². The molecule has 5 heteroatoms. The third-order valence-electron chi connectivity index (χ3n) is 3.77. The van der Waals surface area contributed by atoms with Crippen LogP contribution in [0.15, 0.2) is 18.3 Å². The van der Waals surface area contributed by atoms with E-state index in [-0.39, 0.29) is 17.7 Å². The summed E-state index contributed by atoms with van der Waals surface area (Å²) in [6.45, 7) is 11.0. The summed E-state index contributed by atoms with van der Waals surface area (Å²) in [6, 6.07) is 3.77. The van der Waals surface area contributed by atoms with Crippen molar-refractivity contribution in [2.45, 2.75) is 51.4 Å². The molecule has 108 valence electrons. The molecule has 0 bridgehead atoms. The number of hydrogen-bond acceptors (Lipinski definition) is 3. The first-order valence-corrected chi connectivity index (χ1v) is 9.87. The Balaban J connectivity index is 3.00. The second-order valence-corrected chi connectivity index (χ2v) is 11.4. The Morgan fingerprint density at radius 1 is 1.42 bits per heavy atom. The van der Waals surface area contributed by atoms with Gasteiger partial charge < -0.3 is 9.53 Å². The first kappa shape index (κ1) is 16.6. The van der Waals surface area contributed by atoms with Gasteiger partial charge in [-0.15, -0.1) is 0 Å². The van der Waals surface area contributed by atoms with E-state index in [0.29, 0.717) is 11.6 Å². The molecule has 1 aromatic rings. The van der Waals surface area contributed by atoms with Crippen LogP contribution in [0.5, 0.6) is 0 Å². The third kappa shape index (κ3) is 4.28. The summed E-state index contributed by atoms with van der Waals surface area (Å²) in [5, 5.41) is 9.84. The molecule has 1 aromatic heterocycles. The van der Waals surface area contributed by atoms with E-state index in [1.807, 2.05) is 12.1 Å². The van der Waals surface area contributed by atoms with Crippen molar-refractivity contribution >= 4 is 19.9 Å². The van der Waals surface area contributed by atoms with Crippen LogP contribution < -0.4 is 0 Å². The molecule has 0 spiro atoms. The van der Waals surface area contributed by atoms with Gasteiger partial charge >= 0.3 is 0 Å². The van der Waals surface area contributed by atoms with Crippen LogP contribution in [-0.4, -0.2) is 25.0 Å². The zero-order valence-electron chi connectivity index (χ0n) is 12.4. The van der Waals surface area contributed by atoms with Crippen LogP contribution in [0.3, 0.4) is 0 Å². The lowest BCUT2D eigenvalue weighted by Crippen LogP contribution is -2.42. The Morgan fingerprint density at radius 3 is 2.53 bits per heavy atom. The van der Waals surface area contributed by atoms with Gasteiger partial charge in [-0.3, -0.25) is 0 Å². The van der Waals surface area contributed by atoms with Crippen LogP contribution in [0.4, 0.5) is 0 Å². The van der Waals surface area contributed by atoms with Crippen molar-refractivity contribution in [2.24, 2.45) is 0 Å². The molecule has 1 heterocycles. The fourth-order valence-electron chi connectivity index (χ4n) is 1.57. The van der Waals surface area contributed by atoms with E-state index < -0.39 is 8.32 Å². The number of rotatable bonds is 5. The number of nitrogens with zero attached hydrogens (tertiary/aromatic N) is 1. The lowest BCUT2D eigenvalue weighted by atomic mass is 10.1. The van der Waals surface area contributed by atoms with Crippen LogP contribution in [0.2, 0.25) is 23.3 Å². The van der Waals surface area contributed by atoms with Gasteiger partial charge in [-0.25, -0.2) is 4.98 Å². The second kappa shape index (κ2) is 6.35. The van der Waals surface area contributed by atoms with Crippen LogP contribution in [0.25, 0.3) is 0 Å². The molecule has 0 saturated heterocycles. The fraction of sp³-hybridized carbons (Fsp3) is 0.643. The minimum absolute atomic E-state index is 0.0739. The molecule has 0 aromatic carbocycles. The Morgan fingerprint density at radius 2 is 2.05 bits per heavy atom. The highest BCUT2D eigenvalue weighted by atomic mass is 35.5. The second-order valence-electron chi connectivity index (χ2n) is 6.26. The monoisotopic (exact) mass is 301 g/mol. The molecule has 19 heavy (non-hydrogen) atoms. The van der Waals surface area contributed by atoms with Crippen molar-refractivity contribution in [1.29, 1.82) is 0 Å². The summed E-state index contributed by atoms with van der Waals surface area (Å²) >= 11 is 6.14. The molecular weight excluding hydrogens is 278 g/mol. The molecule has 0 fully saturated rings. The highest BCUT2D eigenvalue weighted by Crippen LogP contribution is 2.41. The van der Waals surface area contributed by atoms with Gasteiger partial charge in [0.2, 0.25) is 0 Å². The van der Waals surface area contributed by atoms with E-state index in [9.17, 15) is 5.11 Å². The van der Waals surface area contributed by atoms with Crippen molar-refractivity contribution < 1.29 is 9.53 Å². The summed E-state index contributed by atoms with van der Waals surface area (Å²) in [6.07, 6.45) is 2.01. The summed E-state index contributed by atoms with van der Waals surface area (Å²) in [5.74, 6) is 0. The zero-order valence-corrected chi connectivity index (χ0v) is 14.2. The smallest absolute Gasteiger partial charge is 0.192 e. The maximum absolute atomic E-state index is 9.26. The number of aromatic nitrogens is 1.